The Kier molecular flexibility index (Phi) is 3.78. The first kappa shape index (κ1) is 13.9. The summed E-state index contributed by atoms with van der Waals surface area (Å²) < 4.78 is 0. The number of hydrogen-bond acceptors (Lipinski definition) is 2. The molecule has 2 aromatic rings. The van der Waals surface area contributed by atoms with Crippen LogP contribution < -0.4 is 0 Å². The van der Waals surface area contributed by atoms with Crippen molar-refractivity contribution in [3.8, 4) is 0 Å². The molecule has 0 saturated carbocycles. The predicted octanol–water partition coefficient (Wildman–Crippen LogP) is 3.00. The van der Waals surface area contributed by atoms with Crippen molar-refractivity contribution in [1.82, 2.24) is 4.90 Å². The lowest BCUT2D eigenvalue weighted by Crippen LogP contribution is -2.34. The standard InChI is InChI=1S/C17H14ClNO2/c18-15-14(13-9-5-2-6-10-13)16(20)19(17(15)21)11-12-7-3-1-4-8-12/h1-10,16,20H,11H2. The summed E-state index contributed by atoms with van der Waals surface area (Å²) in [5.74, 6) is -0.341. The molecule has 1 atom stereocenters. The van der Waals surface area contributed by atoms with Crippen molar-refractivity contribution >= 4 is 23.1 Å². The molecule has 106 valence electrons. The van der Waals surface area contributed by atoms with Crippen LogP contribution in [0.3, 0.4) is 0 Å². The molecule has 1 amide bonds. The van der Waals surface area contributed by atoms with E-state index in [0.717, 1.165) is 11.1 Å². The second-order valence-electron chi connectivity index (χ2n) is 4.89. The second-order valence-corrected chi connectivity index (χ2v) is 5.26. The average Bonchev–Trinajstić information content (AvgIpc) is 2.73. The summed E-state index contributed by atoms with van der Waals surface area (Å²) in [7, 11) is 0. The van der Waals surface area contributed by atoms with Crippen molar-refractivity contribution in [1.29, 1.82) is 0 Å². The molecule has 1 aliphatic rings. The third-order valence-electron chi connectivity index (χ3n) is 3.52. The van der Waals surface area contributed by atoms with Gasteiger partial charge in [0.15, 0.2) is 6.23 Å². The molecule has 0 fully saturated rings. The first-order valence-electron chi connectivity index (χ1n) is 6.66. The van der Waals surface area contributed by atoms with Gasteiger partial charge >= 0.3 is 0 Å². The summed E-state index contributed by atoms with van der Waals surface area (Å²) in [4.78, 5) is 13.7. The third kappa shape index (κ3) is 2.58. The summed E-state index contributed by atoms with van der Waals surface area (Å²) in [6.07, 6.45) is -1.02. The molecule has 0 bridgehead atoms. The lowest BCUT2D eigenvalue weighted by Gasteiger charge is -2.22. The largest absolute Gasteiger partial charge is 0.369 e. The molecule has 1 N–H and O–H groups in total. The molecule has 3 nitrogen and oxygen atoms in total. The highest BCUT2D eigenvalue weighted by molar-refractivity contribution is 6.46. The van der Waals surface area contributed by atoms with E-state index in [1.807, 2.05) is 60.7 Å². The fourth-order valence-corrected chi connectivity index (χ4v) is 2.77. The minimum Gasteiger partial charge on any atom is -0.369 e. The average molecular weight is 300 g/mol. The van der Waals surface area contributed by atoms with E-state index in [-0.39, 0.29) is 10.9 Å². The number of nitrogens with zero attached hydrogens (tertiary/aromatic N) is 1. The Morgan fingerprint density at radius 3 is 2.19 bits per heavy atom. The molecule has 3 rings (SSSR count). The van der Waals surface area contributed by atoms with Crippen LogP contribution in [0.25, 0.3) is 5.57 Å². The molecule has 0 saturated heterocycles. The molecule has 1 heterocycles. The highest BCUT2D eigenvalue weighted by Crippen LogP contribution is 2.35. The summed E-state index contributed by atoms with van der Waals surface area (Å²) in [5.41, 5.74) is 2.18. The molecule has 0 spiro atoms. The van der Waals surface area contributed by atoms with Gasteiger partial charge in [-0.15, -0.1) is 0 Å². The maximum atomic E-state index is 12.3. The number of carbonyl (C=O) groups is 1. The van der Waals surface area contributed by atoms with Gasteiger partial charge in [-0.2, -0.15) is 0 Å². The molecule has 0 aliphatic carbocycles. The first-order chi connectivity index (χ1) is 10.2. The molecule has 0 aromatic heterocycles. The molecule has 1 aliphatic heterocycles. The summed E-state index contributed by atoms with van der Waals surface area (Å²) >= 11 is 6.15. The van der Waals surface area contributed by atoms with Crippen LogP contribution in [0.1, 0.15) is 11.1 Å². The van der Waals surface area contributed by atoms with Gasteiger partial charge in [-0.1, -0.05) is 72.3 Å². The Bertz CT molecular complexity index is 682. The van der Waals surface area contributed by atoms with Crippen LogP contribution in [0.2, 0.25) is 0 Å². The quantitative estimate of drug-likeness (QED) is 0.946. The Labute approximate surface area is 128 Å². The van der Waals surface area contributed by atoms with Crippen LogP contribution in [-0.2, 0) is 11.3 Å². The second kappa shape index (κ2) is 5.72. The number of halogens is 1. The van der Waals surface area contributed by atoms with Gasteiger partial charge in [0.1, 0.15) is 5.03 Å². The molecule has 0 radical (unpaired) electrons. The molecular formula is C17H14ClNO2. The first-order valence-corrected chi connectivity index (χ1v) is 7.04. The zero-order valence-corrected chi connectivity index (χ0v) is 12.0. The summed E-state index contributed by atoms with van der Waals surface area (Å²) in [5, 5.41) is 10.6. The van der Waals surface area contributed by atoms with E-state index in [9.17, 15) is 9.90 Å². The number of rotatable bonds is 3. The van der Waals surface area contributed by atoms with E-state index in [2.05, 4.69) is 0 Å². The minimum absolute atomic E-state index is 0.0876. The number of benzene rings is 2. The van der Waals surface area contributed by atoms with E-state index in [1.165, 1.54) is 4.90 Å². The maximum Gasteiger partial charge on any atom is 0.268 e. The van der Waals surface area contributed by atoms with Crippen molar-refractivity contribution in [3.63, 3.8) is 0 Å². The van der Waals surface area contributed by atoms with Crippen LogP contribution in [-0.4, -0.2) is 22.1 Å². The van der Waals surface area contributed by atoms with Crippen molar-refractivity contribution in [2.45, 2.75) is 12.8 Å². The lowest BCUT2D eigenvalue weighted by molar-refractivity contribution is -0.131. The molecule has 1 unspecified atom stereocenters. The van der Waals surface area contributed by atoms with Crippen LogP contribution in [0.5, 0.6) is 0 Å². The highest BCUT2D eigenvalue weighted by Gasteiger charge is 2.37. The van der Waals surface area contributed by atoms with Gasteiger partial charge in [-0.25, -0.2) is 0 Å². The Balaban J connectivity index is 1.90. The monoisotopic (exact) mass is 299 g/mol. The molecule has 21 heavy (non-hydrogen) atoms. The Hall–Kier alpha value is -2.10. The highest BCUT2D eigenvalue weighted by atomic mass is 35.5. The van der Waals surface area contributed by atoms with Gasteiger partial charge < -0.3 is 10.0 Å². The van der Waals surface area contributed by atoms with Crippen LogP contribution in [0.15, 0.2) is 65.7 Å². The lowest BCUT2D eigenvalue weighted by atomic mass is 10.1. The zero-order chi connectivity index (χ0) is 14.8. The van der Waals surface area contributed by atoms with Gasteiger partial charge in [-0.3, -0.25) is 4.79 Å². The Morgan fingerprint density at radius 2 is 1.57 bits per heavy atom. The number of carbonyl (C=O) groups excluding carboxylic acids is 1. The fraction of sp³-hybridized carbons (Fsp3) is 0.118. The van der Waals surface area contributed by atoms with Crippen LogP contribution in [0, 0.1) is 0 Å². The smallest absolute Gasteiger partial charge is 0.268 e. The summed E-state index contributed by atoms with van der Waals surface area (Å²) in [6.45, 7) is 0.327. The van der Waals surface area contributed by atoms with Gasteiger partial charge in [0, 0.05) is 12.1 Å². The van der Waals surface area contributed by atoms with E-state index in [0.29, 0.717) is 12.1 Å². The predicted molar refractivity (Wildman–Crippen MR) is 82.2 cm³/mol. The molecule has 4 heteroatoms. The van der Waals surface area contributed by atoms with Gasteiger partial charge in [0.05, 0.1) is 0 Å². The third-order valence-corrected chi connectivity index (χ3v) is 3.88. The van der Waals surface area contributed by atoms with Gasteiger partial charge in [0.2, 0.25) is 0 Å². The van der Waals surface area contributed by atoms with Crippen molar-refractivity contribution in [2.75, 3.05) is 0 Å². The van der Waals surface area contributed by atoms with E-state index < -0.39 is 6.23 Å². The fourth-order valence-electron chi connectivity index (χ4n) is 2.45. The van der Waals surface area contributed by atoms with Crippen LogP contribution >= 0.6 is 11.6 Å². The molecule has 2 aromatic carbocycles. The van der Waals surface area contributed by atoms with Crippen molar-refractivity contribution in [3.05, 3.63) is 76.8 Å². The maximum absolute atomic E-state index is 12.3. The summed E-state index contributed by atoms with van der Waals surface area (Å²) in [6, 6.07) is 18.8. The van der Waals surface area contributed by atoms with Crippen LogP contribution in [0.4, 0.5) is 0 Å². The zero-order valence-electron chi connectivity index (χ0n) is 11.2. The van der Waals surface area contributed by atoms with E-state index in [1.54, 1.807) is 0 Å². The van der Waals surface area contributed by atoms with Crippen molar-refractivity contribution in [2.24, 2.45) is 0 Å². The number of aliphatic hydroxyl groups is 1. The molecular weight excluding hydrogens is 286 g/mol. The van der Waals surface area contributed by atoms with E-state index >= 15 is 0 Å². The Morgan fingerprint density at radius 1 is 1.00 bits per heavy atom. The van der Waals surface area contributed by atoms with Crippen molar-refractivity contribution < 1.29 is 9.90 Å². The van der Waals surface area contributed by atoms with E-state index in [4.69, 9.17) is 11.6 Å². The minimum atomic E-state index is -1.02. The number of aliphatic hydroxyl groups excluding tert-OH is 1. The number of amides is 1. The van der Waals surface area contributed by atoms with Gasteiger partial charge in [-0.05, 0) is 11.1 Å². The topological polar surface area (TPSA) is 40.5 Å². The SMILES string of the molecule is O=C1C(Cl)=C(c2ccccc2)C(O)N1Cc1ccccc1. The number of hydrogen-bond donors (Lipinski definition) is 1. The normalized spacial score (nSPS) is 18.5. The van der Waals surface area contributed by atoms with Gasteiger partial charge in [0.25, 0.3) is 5.91 Å².